The Morgan fingerprint density at radius 2 is 1.60 bits per heavy atom. The first-order chi connectivity index (χ1) is 9.51. The van der Waals surface area contributed by atoms with Gasteiger partial charge in [-0.2, -0.15) is 0 Å². The van der Waals surface area contributed by atoms with Crippen LogP contribution in [0.5, 0.6) is 0 Å². The molecule has 4 nitrogen and oxygen atoms in total. The van der Waals surface area contributed by atoms with Gasteiger partial charge in [0.25, 0.3) is 0 Å². The summed E-state index contributed by atoms with van der Waals surface area (Å²) in [5.41, 5.74) is 0. The lowest BCUT2D eigenvalue weighted by Gasteiger charge is -2.30. The summed E-state index contributed by atoms with van der Waals surface area (Å²) in [6.07, 6.45) is 4.17. The second kappa shape index (κ2) is 8.28. The summed E-state index contributed by atoms with van der Waals surface area (Å²) in [7, 11) is 0. The summed E-state index contributed by atoms with van der Waals surface area (Å²) in [5.74, 6) is -0.805. The van der Waals surface area contributed by atoms with Gasteiger partial charge in [-0.05, 0) is 32.1 Å². The first-order valence-electron chi connectivity index (χ1n) is 7.88. The van der Waals surface area contributed by atoms with Gasteiger partial charge in [0, 0.05) is 0 Å². The molecule has 1 rings (SSSR count). The molecule has 1 aliphatic rings. The maximum absolute atomic E-state index is 12.4. The van der Waals surface area contributed by atoms with E-state index in [2.05, 4.69) is 0 Å². The fourth-order valence-electron chi connectivity index (χ4n) is 2.87. The van der Waals surface area contributed by atoms with E-state index in [1.54, 1.807) is 6.92 Å². The van der Waals surface area contributed by atoms with Gasteiger partial charge in [-0.3, -0.25) is 9.59 Å². The summed E-state index contributed by atoms with van der Waals surface area (Å²) in [6.45, 7) is 8.26. The lowest BCUT2D eigenvalue weighted by atomic mass is 9.79. The Bertz CT molecular complexity index is 324. The maximum atomic E-state index is 12.4. The molecular formula is C16H28O4. The predicted octanol–water partition coefficient (Wildman–Crippen LogP) is 3.33. The Labute approximate surface area is 122 Å². The second-order valence-corrected chi connectivity index (χ2v) is 5.88. The highest BCUT2D eigenvalue weighted by Gasteiger charge is 2.38. The van der Waals surface area contributed by atoms with Gasteiger partial charge in [-0.15, -0.1) is 0 Å². The van der Waals surface area contributed by atoms with E-state index in [4.69, 9.17) is 9.47 Å². The van der Waals surface area contributed by atoms with E-state index in [0.717, 1.165) is 32.1 Å². The van der Waals surface area contributed by atoms with Crippen molar-refractivity contribution in [3.05, 3.63) is 0 Å². The molecule has 0 saturated heterocycles. The molecule has 116 valence electrons. The minimum atomic E-state index is -0.324. The molecule has 0 bridgehead atoms. The number of rotatable bonds is 6. The Balaban J connectivity index is 2.69. The SMILES string of the molecule is CCOC(=O)C1CCCCC1C(=O)OC(CC)C(C)C. The van der Waals surface area contributed by atoms with Crippen molar-refractivity contribution in [2.75, 3.05) is 6.61 Å². The third-order valence-corrected chi connectivity index (χ3v) is 4.07. The first kappa shape index (κ1) is 17.0. The van der Waals surface area contributed by atoms with Crippen LogP contribution in [0, 0.1) is 17.8 Å². The third kappa shape index (κ3) is 4.50. The van der Waals surface area contributed by atoms with Crippen molar-refractivity contribution in [3.63, 3.8) is 0 Å². The van der Waals surface area contributed by atoms with Crippen LogP contribution in [-0.2, 0) is 19.1 Å². The van der Waals surface area contributed by atoms with Gasteiger partial charge in [0.05, 0.1) is 18.4 Å². The molecule has 0 radical (unpaired) electrons. The van der Waals surface area contributed by atoms with E-state index in [0.29, 0.717) is 12.5 Å². The summed E-state index contributed by atoms with van der Waals surface area (Å²) < 4.78 is 10.7. The molecular weight excluding hydrogens is 256 g/mol. The molecule has 20 heavy (non-hydrogen) atoms. The van der Waals surface area contributed by atoms with Crippen LogP contribution in [0.25, 0.3) is 0 Å². The average molecular weight is 284 g/mol. The molecule has 0 aliphatic heterocycles. The average Bonchev–Trinajstić information content (AvgIpc) is 2.44. The van der Waals surface area contributed by atoms with Crippen LogP contribution in [-0.4, -0.2) is 24.6 Å². The molecule has 0 aromatic carbocycles. The zero-order chi connectivity index (χ0) is 15.1. The minimum Gasteiger partial charge on any atom is -0.466 e. The molecule has 3 unspecified atom stereocenters. The molecule has 0 spiro atoms. The number of hydrogen-bond acceptors (Lipinski definition) is 4. The normalized spacial score (nSPS) is 24.2. The molecule has 1 aliphatic carbocycles. The van der Waals surface area contributed by atoms with E-state index in [-0.39, 0.29) is 29.9 Å². The largest absolute Gasteiger partial charge is 0.466 e. The minimum absolute atomic E-state index is 0.0627. The van der Waals surface area contributed by atoms with Gasteiger partial charge in [-0.1, -0.05) is 33.6 Å². The molecule has 0 N–H and O–H groups in total. The smallest absolute Gasteiger partial charge is 0.310 e. The maximum Gasteiger partial charge on any atom is 0.310 e. The molecule has 4 heteroatoms. The molecule has 0 aromatic rings. The van der Waals surface area contributed by atoms with Crippen LogP contribution in [0.4, 0.5) is 0 Å². The Kier molecular flexibility index (Phi) is 7.03. The molecule has 1 saturated carbocycles. The van der Waals surface area contributed by atoms with Crippen LogP contribution in [0.2, 0.25) is 0 Å². The first-order valence-corrected chi connectivity index (χ1v) is 7.88. The highest BCUT2D eigenvalue weighted by atomic mass is 16.5. The van der Waals surface area contributed by atoms with Crippen LogP contribution in [0.15, 0.2) is 0 Å². The molecule has 0 heterocycles. The third-order valence-electron chi connectivity index (χ3n) is 4.07. The highest BCUT2D eigenvalue weighted by molar-refractivity contribution is 5.82. The Morgan fingerprint density at radius 3 is 2.05 bits per heavy atom. The van der Waals surface area contributed by atoms with Gasteiger partial charge >= 0.3 is 11.9 Å². The van der Waals surface area contributed by atoms with E-state index in [9.17, 15) is 9.59 Å². The zero-order valence-corrected chi connectivity index (χ0v) is 13.2. The molecule has 0 amide bonds. The second-order valence-electron chi connectivity index (χ2n) is 5.88. The molecule has 1 fully saturated rings. The summed E-state index contributed by atoms with van der Waals surface area (Å²) in [4.78, 5) is 24.3. The van der Waals surface area contributed by atoms with Crippen molar-refractivity contribution in [2.24, 2.45) is 17.8 Å². The van der Waals surface area contributed by atoms with Gasteiger partial charge in [0.1, 0.15) is 6.10 Å². The topological polar surface area (TPSA) is 52.6 Å². The monoisotopic (exact) mass is 284 g/mol. The van der Waals surface area contributed by atoms with Crippen molar-refractivity contribution in [3.8, 4) is 0 Å². The van der Waals surface area contributed by atoms with E-state index in [1.165, 1.54) is 0 Å². The highest BCUT2D eigenvalue weighted by Crippen LogP contribution is 2.32. The lowest BCUT2D eigenvalue weighted by Crippen LogP contribution is -2.37. The van der Waals surface area contributed by atoms with Crippen LogP contribution >= 0.6 is 0 Å². The fourth-order valence-corrected chi connectivity index (χ4v) is 2.87. The Hall–Kier alpha value is -1.06. The van der Waals surface area contributed by atoms with Gasteiger partial charge in [0.2, 0.25) is 0 Å². The number of ether oxygens (including phenoxy) is 2. The zero-order valence-electron chi connectivity index (χ0n) is 13.2. The predicted molar refractivity (Wildman–Crippen MR) is 77.1 cm³/mol. The van der Waals surface area contributed by atoms with Gasteiger partial charge < -0.3 is 9.47 Å². The summed E-state index contributed by atoms with van der Waals surface area (Å²) in [5, 5.41) is 0. The van der Waals surface area contributed by atoms with Crippen molar-refractivity contribution in [2.45, 2.75) is 65.9 Å². The van der Waals surface area contributed by atoms with E-state index in [1.807, 2.05) is 20.8 Å². The van der Waals surface area contributed by atoms with Crippen molar-refractivity contribution < 1.29 is 19.1 Å². The fraction of sp³-hybridized carbons (Fsp3) is 0.875. The van der Waals surface area contributed by atoms with Crippen molar-refractivity contribution in [1.82, 2.24) is 0 Å². The molecule has 3 atom stereocenters. The quantitative estimate of drug-likeness (QED) is 0.702. The van der Waals surface area contributed by atoms with Crippen LogP contribution in [0.3, 0.4) is 0 Å². The lowest BCUT2D eigenvalue weighted by molar-refractivity contribution is -0.167. The summed E-state index contributed by atoms with van der Waals surface area (Å²) in [6, 6.07) is 0. The number of hydrogen-bond donors (Lipinski definition) is 0. The van der Waals surface area contributed by atoms with Crippen molar-refractivity contribution in [1.29, 1.82) is 0 Å². The van der Waals surface area contributed by atoms with Crippen LogP contribution in [0.1, 0.15) is 59.8 Å². The Morgan fingerprint density at radius 1 is 1.05 bits per heavy atom. The number of esters is 2. The van der Waals surface area contributed by atoms with Crippen LogP contribution < -0.4 is 0 Å². The van der Waals surface area contributed by atoms with E-state index >= 15 is 0 Å². The molecule has 0 aromatic heterocycles. The van der Waals surface area contributed by atoms with E-state index < -0.39 is 0 Å². The number of carbonyl (C=O) groups excluding carboxylic acids is 2. The number of carbonyl (C=O) groups is 2. The standard InChI is InChI=1S/C16H28O4/c1-5-14(11(3)4)20-16(18)13-10-8-7-9-12(13)15(17)19-6-2/h11-14H,5-10H2,1-4H3. The van der Waals surface area contributed by atoms with Gasteiger partial charge in [0.15, 0.2) is 0 Å². The van der Waals surface area contributed by atoms with Gasteiger partial charge in [-0.25, -0.2) is 0 Å². The van der Waals surface area contributed by atoms with Crippen molar-refractivity contribution >= 4 is 11.9 Å². The summed E-state index contributed by atoms with van der Waals surface area (Å²) >= 11 is 0.